The molecule has 0 unspecified atom stereocenters. The van der Waals surface area contributed by atoms with Gasteiger partial charge in [-0.05, 0) is 31.5 Å². The molecule has 1 aromatic heterocycles. The number of anilines is 1. The van der Waals surface area contributed by atoms with Gasteiger partial charge in [0.25, 0.3) is 0 Å². The third-order valence-electron chi connectivity index (χ3n) is 4.10. The van der Waals surface area contributed by atoms with Crippen molar-refractivity contribution < 1.29 is 14.3 Å². The molecular formula is C22H22N2O3S. The molecule has 144 valence electrons. The van der Waals surface area contributed by atoms with Gasteiger partial charge in [-0.15, -0.1) is 11.3 Å². The molecule has 0 atom stereocenters. The fourth-order valence-corrected chi connectivity index (χ4v) is 3.33. The molecule has 1 heterocycles. The molecule has 0 saturated heterocycles. The number of benzene rings is 2. The monoisotopic (exact) mass is 394 g/mol. The number of amides is 1. The summed E-state index contributed by atoms with van der Waals surface area (Å²) in [7, 11) is 0. The molecular weight excluding hydrogens is 372 g/mol. The zero-order valence-electron chi connectivity index (χ0n) is 15.9. The van der Waals surface area contributed by atoms with Crippen molar-refractivity contribution in [1.29, 1.82) is 0 Å². The minimum Gasteiger partial charge on any atom is -0.459 e. The van der Waals surface area contributed by atoms with Gasteiger partial charge in [-0.1, -0.05) is 47.5 Å². The predicted octanol–water partition coefficient (Wildman–Crippen LogP) is 4.23. The lowest BCUT2D eigenvalue weighted by atomic mass is 10.1. The highest BCUT2D eigenvalue weighted by Gasteiger charge is 2.11. The molecule has 0 aliphatic heterocycles. The maximum absolute atomic E-state index is 12.1. The third kappa shape index (κ3) is 6.03. The van der Waals surface area contributed by atoms with Crippen LogP contribution in [-0.2, 0) is 33.8 Å². The number of nitrogens with one attached hydrogen (secondary N) is 1. The van der Waals surface area contributed by atoms with E-state index in [1.54, 1.807) is 0 Å². The number of carbonyl (C=O) groups is 2. The summed E-state index contributed by atoms with van der Waals surface area (Å²) in [6.07, 6.45) is 0.423. The van der Waals surface area contributed by atoms with Crippen LogP contribution in [0.5, 0.6) is 0 Å². The molecule has 0 spiro atoms. The Morgan fingerprint density at radius 3 is 2.29 bits per heavy atom. The van der Waals surface area contributed by atoms with Gasteiger partial charge >= 0.3 is 5.97 Å². The smallest absolute Gasteiger partial charge is 0.310 e. The highest BCUT2D eigenvalue weighted by molar-refractivity contribution is 7.09. The molecule has 1 N–H and O–H groups in total. The Morgan fingerprint density at radius 1 is 0.964 bits per heavy atom. The van der Waals surface area contributed by atoms with E-state index in [1.807, 2.05) is 67.8 Å². The Kier molecular flexibility index (Phi) is 6.55. The predicted molar refractivity (Wildman–Crippen MR) is 110 cm³/mol. The van der Waals surface area contributed by atoms with E-state index in [0.717, 1.165) is 22.4 Å². The molecule has 0 fully saturated rings. The zero-order valence-corrected chi connectivity index (χ0v) is 16.7. The Labute approximate surface area is 168 Å². The van der Waals surface area contributed by atoms with E-state index in [4.69, 9.17) is 4.74 Å². The van der Waals surface area contributed by atoms with E-state index in [2.05, 4.69) is 10.3 Å². The first kappa shape index (κ1) is 19.8. The molecule has 1 amide bonds. The Morgan fingerprint density at radius 2 is 1.61 bits per heavy atom. The van der Waals surface area contributed by atoms with Crippen molar-refractivity contribution in [3.63, 3.8) is 0 Å². The summed E-state index contributed by atoms with van der Waals surface area (Å²) < 4.78 is 5.29. The third-order valence-corrected chi connectivity index (χ3v) is 4.99. The lowest BCUT2D eigenvalue weighted by Crippen LogP contribution is -2.14. The van der Waals surface area contributed by atoms with Crippen molar-refractivity contribution in [2.24, 2.45) is 0 Å². The Bertz CT molecular complexity index is 947. The second-order valence-electron chi connectivity index (χ2n) is 6.65. The normalized spacial score (nSPS) is 10.5. The number of thiazole rings is 1. The van der Waals surface area contributed by atoms with Gasteiger partial charge in [0.1, 0.15) is 11.6 Å². The highest BCUT2D eigenvalue weighted by Crippen LogP contribution is 2.14. The number of rotatable bonds is 7. The van der Waals surface area contributed by atoms with E-state index in [9.17, 15) is 9.59 Å². The molecule has 3 aromatic rings. The minimum absolute atomic E-state index is 0.112. The molecule has 0 aliphatic rings. The molecule has 0 radical (unpaired) electrons. The molecule has 6 heteroatoms. The van der Waals surface area contributed by atoms with Gasteiger partial charge in [-0.25, -0.2) is 4.98 Å². The van der Waals surface area contributed by atoms with Crippen LogP contribution in [0.4, 0.5) is 5.69 Å². The fourth-order valence-electron chi connectivity index (χ4n) is 2.55. The molecule has 0 aliphatic carbocycles. The summed E-state index contributed by atoms with van der Waals surface area (Å²) in [5, 5.41) is 5.35. The molecule has 28 heavy (non-hydrogen) atoms. The number of aromatic nitrogens is 1. The summed E-state index contributed by atoms with van der Waals surface area (Å²) in [5.74, 6) is -0.420. The number of ether oxygens (including phenoxy) is 1. The Balaban J connectivity index is 1.45. The quantitative estimate of drug-likeness (QED) is 0.609. The first-order valence-electron chi connectivity index (χ1n) is 8.99. The van der Waals surface area contributed by atoms with Crippen molar-refractivity contribution >= 4 is 28.9 Å². The largest absolute Gasteiger partial charge is 0.459 e. The minimum atomic E-state index is -0.296. The number of carbonyl (C=O) groups excluding carboxylic acids is 2. The molecule has 3 rings (SSSR count). The SMILES string of the molecule is Cc1ccc(CC(=O)OCc2csc(CC(=O)Nc3ccc(C)cc3)n2)cc1. The van der Waals surface area contributed by atoms with Gasteiger partial charge in [-0.2, -0.15) is 0 Å². The van der Waals surface area contributed by atoms with Gasteiger partial charge < -0.3 is 10.1 Å². The fraction of sp³-hybridized carbons (Fsp3) is 0.227. The standard InChI is InChI=1S/C22H22N2O3S/c1-15-3-7-17(8-4-15)11-22(26)27-13-19-14-28-21(24-19)12-20(25)23-18-9-5-16(2)6-10-18/h3-10,14H,11-13H2,1-2H3,(H,23,25). The van der Waals surface area contributed by atoms with Crippen molar-refractivity contribution in [1.82, 2.24) is 4.98 Å². The molecule has 0 bridgehead atoms. The van der Waals surface area contributed by atoms with Gasteiger partial charge in [0.2, 0.25) is 5.91 Å². The lowest BCUT2D eigenvalue weighted by Gasteiger charge is -2.04. The number of nitrogens with zero attached hydrogens (tertiary/aromatic N) is 1. The van der Waals surface area contributed by atoms with Gasteiger partial charge in [0.15, 0.2) is 0 Å². The number of esters is 1. The van der Waals surface area contributed by atoms with Crippen molar-refractivity contribution in [3.8, 4) is 0 Å². The number of hydrogen-bond donors (Lipinski definition) is 1. The van der Waals surface area contributed by atoms with Gasteiger partial charge in [0.05, 0.1) is 18.5 Å². The Hall–Kier alpha value is -2.99. The van der Waals surface area contributed by atoms with Crippen LogP contribution in [0.25, 0.3) is 0 Å². The summed E-state index contributed by atoms with van der Waals surface area (Å²) in [6, 6.07) is 15.4. The van der Waals surface area contributed by atoms with Crippen LogP contribution in [0.2, 0.25) is 0 Å². The van der Waals surface area contributed by atoms with E-state index in [-0.39, 0.29) is 31.3 Å². The van der Waals surface area contributed by atoms with Crippen LogP contribution in [0.15, 0.2) is 53.9 Å². The first-order chi connectivity index (χ1) is 13.5. The highest BCUT2D eigenvalue weighted by atomic mass is 32.1. The van der Waals surface area contributed by atoms with Crippen LogP contribution in [0, 0.1) is 13.8 Å². The van der Waals surface area contributed by atoms with Crippen molar-refractivity contribution in [2.45, 2.75) is 33.3 Å². The van der Waals surface area contributed by atoms with Crippen molar-refractivity contribution in [2.75, 3.05) is 5.32 Å². The van der Waals surface area contributed by atoms with Crippen LogP contribution in [0.3, 0.4) is 0 Å². The zero-order chi connectivity index (χ0) is 19.9. The van der Waals surface area contributed by atoms with E-state index in [1.165, 1.54) is 11.3 Å². The number of hydrogen-bond acceptors (Lipinski definition) is 5. The summed E-state index contributed by atoms with van der Waals surface area (Å²) in [4.78, 5) is 28.5. The maximum atomic E-state index is 12.1. The van der Waals surface area contributed by atoms with Crippen LogP contribution in [0.1, 0.15) is 27.4 Å². The summed E-state index contributed by atoms with van der Waals surface area (Å²) in [5.41, 5.74) is 4.62. The average Bonchev–Trinajstić information content (AvgIpc) is 3.11. The van der Waals surface area contributed by atoms with Crippen LogP contribution in [-0.4, -0.2) is 16.9 Å². The summed E-state index contributed by atoms with van der Waals surface area (Å²) in [6.45, 7) is 4.11. The lowest BCUT2D eigenvalue weighted by molar-refractivity contribution is -0.144. The van der Waals surface area contributed by atoms with Crippen LogP contribution >= 0.6 is 11.3 Å². The topological polar surface area (TPSA) is 68.3 Å². The van der Waals surface area contributed by atoms with Gasteiger partial charge in [-0.3, -0.25) is 9.59 Å². The van der Waals surface area contributed by atoms with Gasteiger partial charge in [0, 0.05) is 11.1 Å². The van der Waals surface area contributed by atoms with E-state index in [0.29, 0.717) is 10.7 Å². The van der Waals surface area contributed by atoms with E-state index < -0.39 is 0 Å². The molecule has 0 saturated carbocycles. The number of aryl methyl sites for hydroxylation is 2. The molecule has 5 nitrogen and oxygen atoms in total. The average molecular weight is 394 g/mol. The first-order valence-corrected chi connectivity index (χ1v) is 9.87. The maximum Gasteiger partial charge on any atom is 0.310 e. The van der Waals surface area contributed by atoms with E-state index >= 15 is 0 Å². The van der Waals surface area contributed by atoms with Crippen LogP contribution < -0.4 is 5.32 Å². The van der Waals surface area contributed by atoms with Crippen molar-refractivity contribution in [3.05, 3.63) is 81.3 Å². The second kappa shape index (κ2) is 9.28. The second-order valence-corrected chi connectivity index (χ2v) is 7.59. The molecule has 2 aromatic carbocycles. The summed E-state index contributed by atoms with van der Waals surface area (Å²) >= 11 is 1.38.